The van der Waals surface area contributed by atoms with Gasteiger partial charge in [-0.3, -0.25) is 4.79 Å². The fourth-order valence-corrected chi connectivity index (χ4v) is 2.73. The maximum absolute atomic E-state index is 12.5. The number of nitrogen functional groups attached to an aromatic ring is 1. The lowest BCUT2D eigenvalue weighted by molar-refractivity contribution is 0.102. The van der Waals surface area contributed by atoms with Gasteiger partial charge < -0.3 is 20.5 Å². The molecule has 8 nitrogen and oxygen atoms in total. The van der Waals surface area contributed by atoms with Gasteiger partial charge in [0.05, 0.1) is 20.8 Å². The topological polar surface area (TPSA) is 104 Å². The molecular weight excluding hydrogens is 414 g/mol. The number of anilines is 2. The van der Waals surface area contributed by atoms with Crippen molar-refractivity contribution in [3.8, 4) is 11.5 Å². The number of hydrogen-bond acceptors (Lipinski definition) is 6. The van der Waals surface area contributed by atoms with Gasteiger partial charge in [-0.1, -0.05) is 33.3 Å². The first-order valence-electron chi connectivity index (χ1n) is 7.98. The largest absolute Gasteiger partial charge is 0.493 e. The molecule has 0 bridgehead atoms. The minimum absolute atomic E-state index is 0.0573. The molecule has 0 aliphatic rings. The van der Waals surface area contributed by atoms with E-state index in [9.17, 15) is 4.79 Å². The molecule has 3 aromatic rings. The van der Waals surface area contributed by atoms with E-state index in [0.717, 1.165) is 10.0 Å². The number of nitrogens with zero attached hydrogens (tertiary/aromatic N) is 3. The van der Waals surface area contributed by atoms with E-state index in [2.05, 4.69) is 31.6 Å². The van der Waals surface area contributed by atoms with E-state index in [0.29, 0.717) is 23.7 Å². The van der Waals surface area contributed by atoms with Crippen molar-refractivity contribution in [1.29, 1.82) is 0 Å². The van der Waals surface area contributed by atoms with Crippen molar-refractivity contribution >= 4 is 33.3 Å². The molecular formula is C18H18BrN5O3. The van der Waals surface area contributed by atoms with Gasteiger partial charge in [-0.15, -0.1) is 5.10 Å². The van der Waals surface area contributed by atoms with Crippen LogP contribution in [0.15, 0.2) is 46.9 Å². The number of amides is 1. The molecule has 3 rings (SSSR count). The minimum atomic E-state index is -0.457. The summed E-state index contributed by atoms with van der Waals surface area (Å²) < 4.78 is 12.9. The highest BCUT2D eigenvalue weighted by Crippen LogP contribution is 2.30. The second-order valence-corrected chi connectivity index (χ2v) is 6.55. The number of methoxy groups -OCH3 is 2. The normalized spacial score (nSPS) is 10.5. The van der Waals surface area contributed by atoms with Crippen molar-refractivity contribution in [2.45, 2.75) is 6.54 Å². The number of carbonyl (C=O) groups is 1. The van der Waals surface area contributed by atoms with Gasteiger partial charge in [0.2, 0.25) is 0 Å². The standard InChI is InChI=1S/C18H18BrN5O3/c1-26-14-8-7-13(9-15(14)27-2)21-18(25)16-17(20)24(23-22-16)10-11-3-5-12(19)6-4-11/h3-9H,10,20H2,1-2H3,(H,21,25). The molecule has 0 unspecified atom stereocenters. The lowest BCUT2D eigenvalue weighted by Gasteiger charge is -2.10. The van der Waals surface area contributed by atoms with Crippen LogP contribution in [0.2, 0.25) is 0 Å². The first kappa shape index (κ1) is 18.7. The smallest absolute Gasteiger partial charge is 0.280 e. The van der Waals surface area contributed by atoms with Crippen LogP contribution in [0, 0.1) is 0 Å². The Kier molecular flexibility index (Phi) is 5.60. The summed E-state index contributed by atoms with van der Waals surface area (Å²) in [5.41, 5.74) is 7.63. The summed E-state index contributed by atoms with van der Waals surface area (Å²) in [6.07, 6.45) is 0. The van der Waals surface area contributed by atoms with Gasteiger partial charge >= 0.3 is 0 Å². The zero-order valence-electron chi connectivity index (χ0n) is 14.8. The number of aromatic nitrogens is 3. The third kappa shape index (κ3) is 4.20. The fourth-order valence-electron chi connectivity index (χ4n) is 2.47. The van der Waals surface area contributed by atoms with Crippen LogP contribution in [0.5, 0.6) is 11.5 Å². The van der Waals surface area contributed by atoms with Crippen LogP contribution in [-0.4, -0.2) is 35.1 Å². The molecule has 0 atom stereocenters. The first-order chi connectivity index (χ1) is 13.0. The Balaban J connectivity index is 1.76. The highest BCUT2D eigenvalue weighted by atomic mass is 79.9. The van der Waals surface area contributed by atoms with Crippen LogP contribution in [-0.2, 0) is 6.54 Å². The molecule has 0 aliphatic heterocycles. The lowest BCUT2D eigenvalue weighted by Crippen LogP contribution is -2.15. The van der Waals surface area contributed by atoms with Gasteiger partial charge in [0, 0.05) is 16.2 Å². The summed E-state index contributed by atoms with van der Waals surface area (Å²) in [7, 11) is 3.07. The Labute approximate surface area is 164 Å². The van der Waals surface area contributed by atoms with E-state index >= 15 is 0 Å². The summed E-state index contributed by atoms with van der Waals surface area (Å²) in [6, 6.07) is 12.8. The number of carbonyl (C=O) groups excluding carboxylic acids is 1. The SMILES string of the molecule is COc1ccc(NC(=O)c2nnn(Cc3ccc(Br)cc3)c2N)cc1OC. The molecule has 1 aromatic heterocycles. The summed E-state index contributed by atoms with van der Waals surface area (Å²) in [4.78, 5) is 12.5. The Morgan fingerprint density at radius 3 is 2.52 bits per heavy atom. The zero-order valence-corrected chi connectivity index (χ0v) is 16.4. The molecule has 0 saturated carbocycles. The predicted octanol–water partition coefficient (Wildman–Crippen LogP) is 2.94. The highest BCUT2D eigenvalue weighted by molar-refractivity contribution is 9.10. The van der Waals surface area contributed by atoms with Crippen LogP contribution in [0.1, 0.15) is 16.1 Å². The van der Waals surface area contributed by atoms with Crippen LogP contribution >= 0.6 is 15.9 Å². The molecule has 1 amide bonds. The van der Waals surface area contributed by atoms with Crippen LogP contribution in [0.25, 0.3) is 0 Å². The van der Waals surface area contributed by atoms with Gasteiger partial charge in [-0.2, -0.15) is 0 Å². The number of ether oxygens (including phenoxy) is 2. The Bertz CT molecular complexity index is 956. The van der Waals surface area contributed by atoms with Gasteiger partial charge in [-0.25, -0.2) is 4.68 Å². The second-order valence-electron chi connectivity index (χ2n) is 5.63. The minimum Gasteiger partial charge on any atom is -0.493 e. The van der Waals surface area contributed by atoms with Crippen molar-refractivity contribution in [3.05, 3.63) is 58.2 Å². The fraction of sp³-hybridized carbons (Fsp3) is 0.167. The maximum atomic E-state index is 12.5. The van der Waals surface area contributed by atoms with Crippen molar-refractivity contribution in [3.63, 3.8) is 0 Å². The van der Waals surface area contributed by atoms with Gasteiger partial charge in [0.15, 0.2) is 23.0 Å². The summed E-state index contributed by atoms with van der Waals surface area (Å²) >= 11 is 3.39. The molecule has 0 saturated heterocycles. The number of hydrogen-bond donors (Lipinski definition) is 2. The summed E-state index contributed by atoms with van der Waals surface area (Å²) in [6.45, 7) is 0.412. The monoisotopic (exact) mass is 431 g/mol. The molecule has 27 heavy (non-hydrogen) atoms. The molecule has 2 aromatic carbocycles. The molecule has 9 heteroatoms. The predicted molar refractivity (Wildman–Crippen MR) is 105 cm³/mol. The average Bonchev–Trinajstić information content (AvgIpc) is 3.04. The van der Waals surface area contributed by atoms with Crippen molar-refractivity contribution < 1.29 is 14.3 Å². The maximum Gasteiger partial charge on any atom is 0.280 e. The number of benzene rings is 2. The van der Waals surface area contributed by atoms with Gasteiger partial charge in [-0.05, 0) is 29.8 Å². The van der Waals surface area contributed by atoms with E-state index < -0.39 is 5.91 Å². The molecule has 3 N–H and O–H groups in total. The number of nitrogens with two attached hydrogens (primary N) is 1. The quantitative estimate of drug-likeness (QED) is 0.621. The van der Waals surface area contributed by atoms with Crippen molar-refractivity contribution in [2.24, 2.45) is 0 Å². The Hall–Kier alpha value is -3.07. The number of halogens is 1. The summed E-state index contributed by atoms with van der Waals surface area (Å²) in [5, 5.41) is 10.6. The first-order valence-corrected chi connectivity index (χ1v) is 8.78. The molecule has 1 heterocycles. The van der Waals surface area contributed by atoms with Crippen LogP contribution in [0.3, 0.4) is 0 Å². The molecule has 0 spiro atoms. The molecule has 0 radical (unpaired) electrons. The molecule has 140 valence electrons. The van der Waals surface area contributed by atoms with Crippen LogP contribution < -0.4 is 20.5 Å². The van der Waals surface area contributed by atoms with Gasteiger partial charge in [0.1, 0.15) is 0 Å². The highest BCUT2D eigenvalue weighted by Gasteiger charge is 2.18. The van der Waals surface area contributed by atoms with E-state index in [1.807, 2.05) is 24.3 Å². The lowest BCUT2D eigenvalue weighted by atomic mass is 10.2. The Morgan fingerprint density at radius 1 is 1.15 bits per heavy atom. The number of rotatable bonds is 6. The van der Waals surface area contributed by atoms with E-state index in [1.54, 1.807) is 25.3 Å². The number of nitrogens with one attached hydrogen (secondary N) is 1. The van der Waals surface area contributed by atoms with E-state index in [4.69, 9.17) is 15.2 Å². The zero-order chi connectivity index (χ0) is 19.4. The third-order valence-corrected chi connectivity index (χ3v) is 4.40. The Morgan fingerprint density at radius 2 is 1.85 bits per heavy atom. The van der Waals surface area contributed by atoms with E-state index in [1.165, 1.54) is 11.8 Å². The second kappa shape index (κ2) is 8.09. The third-order valence-electron chi connectivity index (χ3n) is 3.88. The van der Waals surface area contributed by atoms with Crippen molar-refractivity contribution in [1.82, 2.24) is 15.0 Å². The summed E-state index contributed by atoms with van der Waals surface area (Å²) in [5.74, 6) is 0.801. The van der Waals surface area contributed by atoms with Gasteiger partial charge in [0.25, 0.3) is 5.91 Å². The average molecular weight is 432 g/mol. The molecule has 0 aliphatic carbocycles. The van der Waals surface area contributed by atoms with Crippen molar-refractivity contribution in [2.75, 3.05) is 25.3 Å². The molecule has 0 fully saturated rings. The van der Waals surface area contributed by atoms with Crippen LogP contribution in [0.4, 0.5) is 11.5 Å². The van der Waals surface area contributed by atoms with E-state index in [-0.39, 0.29) is 11.5 Å².